The molecule has 7 nitrogen and oxygen atoms in total. The number of hydrogen-bond donors (Lipinski definition) is 4. The highest BCUT2D eigenvalue weighted by atomic mass is 16.5. The number of H-pyrrole nitrogens is 1. The second-order valence-corrected chi connectivity index (χ2v) is 10.5. The average molecular weight is 436 g/mol. The molecule has 0 radical (unpaired) electrons. The minimum Gasteiger partial charge on any atom is -0.504 e. The van der Waals surface area contributed by atoms with Crippen molar-refractivity contribution < 1.29 is 19.7 Å². The molecule has 4 N–H and O–H groups in total. The second kappa shape index (κ2) is 6.29. The SMILES string of the molecule is O=C(N[C@@H]1CC[C@@]2(O)[C@H]3Cc4ccc(O)c5c4[C@@]2(CCN3CC2CC2)[C@H]1O5)c1cc[nH]c1. The number of aromatic amines is 1. The number of nitrogens with one attached hydrogen (secondary N) is 2. The van der Waals surface area contributed by atoms with Crippen molar-refractivity contribution in [3.05, 3.63) is 47.3 Å². The first-order valence-corrected chi connectivity index (χ1v) is 11.9. The third-order valence-corrected chi connectivity index (χ3v) is 8.94. The third-order valence-electron chi connectivity index (χ3n) is 8.94. The van der Waals surface area contributed by atoms with Crippen molar-refractivity contribution in [2.24, 2.45) is 5.92 Å². The Morgan fingerprint density at radius 3 is 2.91 bits per heavy atom. The number of nitrogens with zero attached hydrogens (tertiary/aromatic N) is 1. The van der Waals surface area contributed by atoms with Crippen LogP contribution in [-0.4, -0.2) is 62.9 Å². The lowest BCUT2D eigenvalue weighted by molar-refractivity contribution is -0.191. The molecule has 5 aliphatic rings. The molecule has 1 saturated heterocycles. The first-order valence-electron chi connectivity index (χ1n) is 11.9. The van der Waals surface area contributed by atoms with Crippen molar-refractivity contribution in [3.8, 4) is 11.5 Å². The van der Waals surface area contributed by atoms with Gasteiger partial charge in [0.15, 0.2) is 11.5 Å². The van der Waals surface area contributed by atoms with Crippen LogP contribution in [0.4, 0.5) is 0 Å². The van der Waals surface area contributed by atoms with Crippen LogP contribution in [0, 0.1) is 5.92 Å². The number of phenols is 1. The summed E-state index contributed by atoms with van der Waals surface area (Å²) in [6.07, 6.45) is 8.44. The molecule has 2 bridgehead atoms. The highest BCUT2D eigenvalue weighted by Gasteiger charge is 2.73. The number of aromatic nitrogens is 1. The van der Waals surface area contributed by atoms with Gasteiger partial charge in [0, 0.05) is 30.5 Å². The zero-order chi connectivity index (χ0) is 21.7. The van der Waals surface area contributed by atoms with E-state index in [1.807, 2.05) is 6.07 Å². The molecule has 32 heavy (non-hydrogen) atoms. The van der Waals surface area contributed by atoms with Gasteiger partial charge in [-0.25, -0.2) is 0 Å². The quantitative estimate of drug-likeness (QED) is 0.590. The maximum Gasteiger partial charge on any atom is 0.253 e. The van der Waals surface area contributed by atoms with Crippen molar-refractivity contribution in [1.29, 1.82) is 0 Å². The fourth-order valence-corrected chi connectivity index (χ4v) is 7.35. The van der Waals surface area contributed by atoms with Crippen LogP contribution in [-0.2, 0) is 11.8 Å². The van der Waals surface area contributed by atoms with Gasteiger partial charge in [0.25, 0.3) is 5.91 Å². The van der Waals surface area contributed by atoms with Gasteiger partial charge >= 0.3 is 0 Å². The van der Waals surface area contributed by atoms with Gasteiger partial charge in [-0.15, -0.1) is 0 Å². The number of amides is 1. The molecule has 1 aromatic carbocycles. The molecule has 3 heterocycles. The van der Waals surface area contributed by atoms with E-state index < -0.39 is 17.1 Å². The Kier molecular flexibility index (Phi) is 3.74. The summed E-state index contributed by atoms with van der Waals surface area (Å²) in [6.45, 7) is 1.97. The van der Waals surface area contributed by atoms with Crippen LogP contribution < -0.4 is 10.1 Å². The van der Waals surface area contributed by atoms with Gasteiger partial charge in [0.05, 0.1) is 22.6 Å². The number of phenolic OH excluding ortho intramolecular Hbond substituents is 1. The maximum atomic E-state index is 12.9. The van der Waals surface area contributed by atoms with E-state index in [-0.39, 0.29) is 23.7 Å². The number of aliphatic hydroxyl groups is 1. The molecule has 5 atom stereocenters. The van der Waals surface area contributed by atoms with Gasteiger partial charge in [0.2, 0.25) is 0 Å². The van der Waals surface area contributed by atoms with E-state index in [0.717, 1.165) is 37.4 Å². The van der Waals surface area contributed by atoms with Crippen molar-refractivity contribution in [1.82, 2.24) is 15.2 Å². The van der Waals surface area contributed by atoms with E-state index >= 15 is 0 Å². The summed E-state index contributed by atoms with van der Waals surface area (Å²) < 4.78 is 6.48. The summed E-state index contributed by atoms with van der Waals surface area (Å²) >= 11 is 0. The number of ether oxygens (including phenoxy) is 1. The molecule has 2 saturated carbocycles. The molecule has 1 aromatic heterocycles. The second-order valence-electron chi connectivity index (χ2n) is 10.5. The molecule has 1 amide bonds. The molecule has 2 aromatic rings. The standard InChI is InChI=1S/C25H29N3O4/c29-18-4-3-15-11-19-25(31)7-5-17(27-23(30)16-6-9-26-12-16)22-24(25,20(15)21(18)32-22)8-10-28(19)13-14-1-2-14/h3-4,6,9,12,14,17,19,22,26,29,31H,1-2,5,7-8,10-11,13H2,(H,27,30)/t17-,19-,22+,24+,25-/m1/s1. The number of rotatable bonds is 4. The Balaban J connectivity index is 1.32. The normalized spacial score (nSPS) is 37.0. The van der Waals surface area contributed by atoms with E-state index in [2.05, 4.69) is 15.2 Å². The zero-order valence-corrected chi connectivity index (χ0v) is 18.0. The minimum absolute atomic E-state index is 0.0484. The first kappa shape index (κ1) is 19.0. The summed E-state index contributed by atoms with van der Waals surface area (Å²) in [7, 11) is 0. The lowest BCUT2D eigenvalue weighted by Crippen LogP contribution is -2.78. The Labute approximate surface area is 186 Å². The predicted octanol–water partition coefficient (Wildman–Crippen LogP) is 2.08. The fourth-order valence-electron chi connectivity index (χ4n) is 7.35. The maximum absolute atomic E-state index is 12.9. The van der Waals surface area contributed by atoms with Crippen LogP contribution >= 0.6 is 0 Å². The van der Waals surface area contributed by atoms with E-state index in [1.54, 1.807) is 24.5 Å². The summed E-state index contributed by atoms with van der Waals surface area (Å²) in [5.41, 5.74) is 1.23. The molecule has 2 aliphatic heterocycles. The van der Waals surface area contributed by atoms with Crippen molar-refractivity contribution in [2.45, 2.75) is 67.7 Å². The van der Waals surface area contributed by atoms with Crippen LogP contribution in [0.1, 0.15) is 53.6 Å². The number of piperidine rings is 1. The molecule has 7 heteroatoms. The molecular weight excluding hydrogens is 406 g/mol. The molecular formula is C25H29N3O4. The number of hydrogen-bond acceptors (Lipinski definition) is 5. The number of likely N-dealkylation sites (tertiary alicyclic amines) is 1. The van der Waals surface area contributed by atoms with Gasteiger partial charge in [-0.2, -0.15) is 0 Å². The lowest BCUT2D eigenvalue weighted by atomic mass is 9.48. The van der Waals surface area contributed by atoms with E-state index in [1.165, 1.54) is 18.4 Å². The van der Waals surface area contributed by atoms with E-state index in [0.29, 0.717) is 24.2 Å². The summed E-state index contributed by atoms with van der Waals surface area (Å²) in [5, 5.41) is 26.3. The Morgan fingerprint density at radius 2 is 2.12 bits per heavy atom. The number of carbonyl (C=O) groups excluding carboxylic acids is 1. The Bertz CT molecular complexity index is 1100. The summed E-state index contributed by atoms with van der Waals surface area (Å²) in [5.74, 6) is 1.27. The topological polar surface area (TPSA) is 97.8 Å². The molecule has 3 fully saturated rings. The highest BCUT2D eigenvalue weighted by molar-refractivity contribution is 5.94. The van der Waals surface area contributed by atoms with Crippen LogP contribution in [0.25, 0.3) is 0 Å². The fraction of sp³-hybridized carbons (Fsp3) is 0.560. The van der Waals surface area contributed by atoms with Crippen LogP contribution in [0.2, 0.25) is 0 Å². The molecule has 1 spiro atoms. The van der Waals surface area contributed by atoms with Gasteiger partial charge in [-0.3, -0.25) is 9.69 Å². The average Bonchev–Trinajstić information content (AvgIpc) is 3.27. The highest BCUT2D eigenvalue weighted by Crippen LogP contribution is 2.65. The number of carbonyl (C=O) groups is 1. The van der Waals surface area contributed by atoms with E-state index in [9.17, 15) is 15.0 Å². The zero-order valence-electron chi connectivity index (χ0n) is 18.0. The van der Waals surface area contributed by atoms with Gasteiger partial charge in [-0.1, -0.05) is 6.07 Å². The Morgan fingerprint density at radius 1 is 1.25 bits per heavy atom. The molecule has 0 unspecified atom stereocenters. The minimum atomic E-state index is -0.924. The van der Waals surface area contributed by atoms with E-state index in [4.69, 9.17) is 4.74 Å². The van der Waals surface area contributed by atoms with Crippen LogP contribution in [0.15, 0.2) is 30.6 Å². The molecule has 3 aliphatic carbocycles. The van der Waals surface area contributed by atoms with Crippen molar-refractivity contribution in [2.75, 3.05) is 13.1 Å². The summed E-state index contributed by atoms with van der Waals surface area (Å²) in [6, 6.07) is 5.31. The number of aromatic hydroxyl groups is 1. The monoisotopic (exact) mass is 435 g/mol. The largest absolute Gasteiger partial charge is 0.504 e. The van der Waals surface area contributed by atoms with Crippen LogP contribution in [0.3, 0.4) is 0 Å². The van der Waals surface area contributed by atoms with Crippen molar-refractivity contribution >= 4 is 5.91 Å². The third kappa shape index (κ3) is 2.30. The predicted molar refractivity (Wildman–Crippen MR) is 117 cm³/mol. The van der Waals surface area contributed by atoms with Gasteiger partial charge < -0.3 is 25.3 Å². The van der Waals surface area contributed by atoms with Gasteiger partial charge in [-0.05, 0) is 68.7 Å². The molecule has 7 rings (SSSR count). The van der Waals surface area contributed by atoms with Crippen molar-refractivity contribution in [3.63, 3.8) is 0 Å². The lowest BCUT2D eigenvalue weighted by Gasteiger charge is -2.64. The van der Waals surface area contributed by atoms with Crippen LogP contribution in [0.5, 0.6) is 11.5 Å². The Hall–Kier alpha value is -2.51. The molecule has 168 valence electrons. The smallest absolute Gasteiger partial charge is 0.253 e. The summed E-state index contributed by atoms with van der Waals surface area (Å²) in [4.78, 5) is 18.3. The van der Waals surface area contributed by atoms with Gasteiger partial charge in [0.1, 0.15) is 6.10 Å². The first-order chi connectivity index (χ1) is 15.5. The number of benzene rings is 1.